The first kappa shape index (κ1) is 23.3. The van der Waals surface area contributed by atoms with Crippen molar-refractivity contribution in [3.8, 4) is 5.75 Å². The molecule has 0 spiro atoms. The number of amides is 2. The van der Waals surface area contributed by atoms with Crippen LogP contribution in [0.1, 0.15) is 18.1 Å². The highest BCUT2D eigenvalue weighted by Gasteiger charge is 2.06. The van der Waals surface area contributed by atoms with E-state index in [4.69, 9.17) is 27.9 Å². The molecule has 164 valence electrons. The predicted octanol–water partition coefficient (Wildman–Crippen LogP) is 5.09. The van der Waals surface area contributed by atoms with Crippen LogP contribution in [-0.4, -0.2) is 24.1 Å². The number of anilines is 1. The molecule has 2 N–H and O–H groups in total. The van der Waals surface area contributed by atoms with Gasteiger partial charge < -0.3 is 10.1 Å². The van der Waals surface area contributed by atoms with Crippen LogP contribution in [-0.2, 0) is 16.0 Å². The second kappa shape index (κ2) is 11.3. The fourth-order valence-electron chi connectivity index (χ4n) is 2.71. The van der Waals surface area contributed by atoms with Crippen LogP contribution in [0.2, 0.25) is 10.0 Å². The van der Waals surface area contributed by atoms with E-state index in [2.05, 4.69) is 15.8 Å². The first-order valence-electron chi connectivity index (χ1n) is 9.75. The topological polar surface area (TPSA) is 79.8 Å². The molecule has 0 heterocycles. The summed E-state index contributed by atoms with van der Waals surface area (Å²) in [5.74, 6) is 0.0497. The van der Waals surface area contributed by atoms with Gasteiger partial charge in [-0.05, 0) is 66.6 Å². The number of hydrogen-bond donors (Lipinski definition) is 2. The van der Waals surface area contributed by atoms with Crippen molar-refractivity contribution in [2.45, 2.75) is 13.3 Å². The van der Waals surface area contributed by atoms with E-state index in [0.29, 0.717) is 27.2 Å². The molecule has 0 saturated heterocycles. The lowest BCUT2D eigenvalue weighted by Gasteiger charge is -2.08. The van der Waals surface area contributed by atoms with Gasteiger partial charge in [0.1, 0.15) is 5.75 Å². The molecule has 3 aromatic carbocycles. The summed E-state index contributed by atoms with van der Waals surface area (Å²) in [4.78, 5) is 24.1. The third-order valence-electron chi connectivity index (χ3n) is 4.40. The quantitative estimate of drug-likeness (QED) is 0.356. The molecule has 0 aliphatic heterocycles. The van der Waals surface area contributed by atoms with E-state index in [1.165, 1.54) is 0 Å². The van der Waals surface area contributed by atoms with Gasteiger partial charge in [-0.25, -0.2) is 5.43 Å². The van der Waals surface area contributed by atoms with E-state index in [-0.39, 0.29) is 24.8 Å². The van der Waals surface area contributed by atoms with Gasteiger partial charge in [-0.15, -0.1) is 0 Å². The van der Waals surface area contributed by atoms with Gasteiger partial charge in [-0.1, -0.05) is 47.5 Å². The molecule has 0 aliphatic rings. The molecule has 0 atom stereocenters. The van der Waals surface area contributed by atoms with Crippen molar-refractivity contribution in [1.82, 2.24) is 5.43 Å². The Balaban J connectivity index is 1.48. The number of carbonyl (C=O) groups excluding carboxylic acids is 2. The monoisotopic (exact) mass is 469 g/mol. The zero-order chi connectivity index (χ0) is 22.9. The molecule has 0 bridgehead atoms. The molecule has 0 fully saturated rings. The number of nitrogens with zero attached hydrogens (tertiary/aromatic N) is 1. The van der Waals surface area contributed by atoms with Crippen LogP contribution >= 0.6 is 23.2 Å². The highest BCUT2D eigenvalue weighted by Crippen LogP contribution is 2.16. The van der Waals surface area contributed by atoms with Crippen LogP contribution in [0.3, 0.4) is 0 Å². The molecule has 3 rings (SSSR count). The summed E-state index contributed by atoms with van der Waals surface area (Å²) in [6.45, 7) is 1.67. The molecule has 0 unspecified atom stereocenters. The van der Waals surface area contributed by atoms with E-state index in [1.807, 2.05) is 0 Å². The normalized spacial score (nSPS) is 11.0. The number of ether oxygens (including phenoxy) is 1. The van der Waals surface area contributed by atoms with E-state index < -0.39 is 0 Å². The molecule has 8 heteroatoms. The zero-order valence-electron chi connectivity index (χ0n) is 17.3. The Bertz CT molecular complexity index is 1100. The Hall–Kier alpha value is -3.35. The maximum Gasteiger partial charge on any atom is 0.262 e. The smallest absolute Gasteiger partial charge is 0.262 e. The molecule has 32 heavy (non-hydrogen) atoms. The molecule has 2 amide bonds. The van der Waals surface area contributed by atoms with Crippen molar-refractivity contribution in [1.29, 1.82) is 0 Å². The summed E-state index contributed by atoms with van der Waals surface area (Å²) in [6.07, 6.45) is 0.205. The fourth-order valence-corrected chi connectivity index (χ4v) is 2.96. The number of rotatable bonds is 8. The van der Waals surface area contributed by atoms with Crippen molar-refractivity contribution in [2.75, 3.05) is 11.9 Å². The summed E-state index contributed by atoms with van der Waals surface area (Å²) < 4.78 is 5.42. The van der Waals surface area contributed by atoms with Crippen LogP contribution in [0.25, 0.3) is 0 Å². The summed E-state index contributed by atoms with van der Waals surface area (Å²) in [6, 6.07) is 21.0. The average molecular weight is 470 g/mol. The molecule has 0 aromatic heterocycles. The summed E-state index contributed by atoms with van der Waals surface area (Å²) in [7, 11) is 0. The fraction of sp³-hybridized carbons (Fsp3) is 0.125. The second-order valence-corrected chi connectivity index (χ2v) is 7.78. The third kappa shape index (κ3) is 7.41. The Morgan fingerprint density at radius 1 is 0.844 bits per heavy atom. The Morgan fingerprint density at radius 3 is 2.06 bits per heavy atom. The van der Waals surface area contributed by atoms with Gasteiger partial charge in [0, 0.05) is 15.7 Å². The third-order valence-corrected chi connectivity index (χ3v) is 4.90. The number of benzene rings is 3. The average Bonchev–Trinajstić information content (AvgIpc) is 2.79. The molecule has 3 aromatic rings. The predicted molar refractivity (Wildman–Crippen MR) is 128 cm³/mol. The van der Waals surface area contributed by atoms with Gasteiger partial charge in [0.25, 0.3) is 5.91 Å². The standard InChI is InChI=1S/C24H21Cl2N3O3/c1-16(28-29-23(30)14-17-2-6-19(25)7-3-17)18-4-10-21(11-5-18)27-24(31)15-32-22-12-8-20(26)9-13-22/h2-13H,14-15H2,1H3,(H,27,31)(H,29,30)/b28-16+. The van der Waals surface area contributed by atoms with Crippen LogP contribution in [0.15, 0.2) is 77.9 Å². The largest absolute Gasteiger partial charge is 0.484 e. The van der Waals surface area contributed by atoms with Crippen molar-refractivity contribution in [3.05, 3.63) is 94.0 Å². The van der Waals surface area contributed by atoms with E-state index in [1.54, 1.807) is 79.7 Å². The first-order chi connectivity index (χ1) is 15.4. The van der Waals surface area contributed by atoms with Gasteiger partial charge in [0.05, 0.1) is 12.1 Å². The molecular formula is C24H21Cl2N3O3. The Morgan fingerprint density at radius 2 is 1.44 bits per heavy atom. The highest BCUT2D eigenvalue weighted by atomic mass is 35.5. The molecule has 6 nitrogen and oxygen atoms in total. The summed E-state index contributed by atoms with van der Waals surface area (Å²) in [5, 5.41) is 8.13. The Kier molecular flexibility index (Phi) is 8.25. The summed E-state index contributed by atoms with van der Waals surface area (Å²) >= 11 is 11.7. The van der Waals surface area contributed by atoms with Gasteiger partial charge in [-0.3, -0.25) is 9.59 Å². The zero-order valence-corrected chi connectivity index (χ0v) is 18.8. The van der Waals surface area contributed by atoms with Crippen LogP contribution in [0.5, 0.6) is 5.75 Å². The maximum atomic E-state index is 12.1. The minimum atomic E-state index is -0.285. The maximum absolute atomic E-state index is 12.1. The van der Waals surface area contributed by atoms with Crippen LogP contribution < -0.4 is 15.5 Å². The number of hydrazone groups is 1. The lowest BCUT2D eigenvalue weighted by molar-refractivity contribution is -0.120. The van der Waals surface area contributed by atoms with Crippen molar-refractivity contribution in [2.24, 2.45) is 5.10 Å². The molecular weight excluding hydrogens is 449 g/mol. The lowest BCUT2D eigenvalue weighted by atomic mass is 10.1. The van der Waals surface area contributed by atoms with Crippen LogP contribution in [0, 0.1) is 0 Å². The van der Waals surface area contributed by atoms with E-state index in [0.717, 1.165) is 11.1 Å². The number of hydrogen-bond acceptors (Lipinski definition) is 4. The lowest BCUT2D eigenvalue weighted by Crippen LogP contribution is -2.21. The SMILES string of the molecule is C/C(=N\NC(=O)Cc1ccc(Cl)cc1)c1ccc(NC(=O)COc2ccc(Cl)cc2)cc1. The molecule has 0 saturated carbocycles. The summed E-state index contributed by atoms with van der Waals surface area (Å²) in [5.41, 5.74) is 5.47. The van der Waals surface area contributed by atoms with E-state index >= 15 is 0 Å². The van der Waals surface area contributed by atoms with Crippen molar-refractivity contribution < 1.29 is 14.3 Å². The van der Waals surface area contributed by atoms with Crippen LogP contribution in [0.4, 0.5) is 5.69 Å². The van der Waals surface area contributed by atoms with Gasteiger partial charge in [0.2, 0.25) is 5.91 Å². The molecule has 0 radical (unpaired) electrons. The number of carbonyl (C=O) groups is 2. The van der Waals surface area contributed by atoms with Gasteiger partial charge >= 0.3 is 0 Å². The minimum Gasteiger partial charge on any atom is -0.484 e. The molecule has 0 aliphatic carbocycles. The van der Waals surface area contributed by atoms with Crippen molar-refractivity contribution in [3.63, 3.8) is 0 Å². The minimum absolute atomic E-state index is 0.122. The second-order valence-electron chi connectivity index (χ2n) is 6.90. The Labute approximate surface area is 196 Å². The van der Waals surface area contributed by atoms with Gasteiger partial charge in [0.15, 0.2) is 6.61 Å². The highest BCUT2D eigenvalue weighted by molar-refractivity contribution is 6.30. The number of halogens is 2. The number of nitrogens with one attached hydrogen (secondary N) is 2. The van der Waals surface area contributed by atoms with Crippen molar-refractivity contribution >= 4 is 46.4 Å². The van der Waals surface area contributed by atoms with E-state index in [9.17, 15) is 9.59 Å². The van der Waals surface area contributed by atoms with Gasteiger partial charge in [-0.2, -0.15) is 5.10 Å². The first-order valence-corrected chi connectivity index (χ1v) is 10.5.